The van der Waals surface area contributed by atoms with Crippen molar-refractivity contribution in [3.8, 4) is 0 Å². The van der Waals surface area contributed by atoms with E-state index < -0.39 is 0 Å². The Kier molecular flexibility index (Phi) is 5.84. The van der Waals surface area contributed by atoms with Crippen molar-refractivity contribution in [1.29, 1.82) is 0 Å². The molecule has 1 amide bonds. The molecule has 0 saturated heterocycles. The van der Waals surface area contributed by atoms with Gasteiger partial charge >= 0.3 is 0 Å². The summed E-state index contributed by atoms with van der Waals surface area (Å²) in [7, 11) is 0. The summed E-state index contributed by atoms with van der Waals surface area (Å²) in [5.41, 5.74) is 6.25. The number of rotatable bonds is 5. The van der Waals surface area contributed by atoms with Crippen molar-refractivity contribution < 1.29 is 9.18 Å². The highest BCUT2D eigenvalue weighted by molar-refractivity contribution is 14.1. The van der Waals surface area contributed by atoms with E-state index in [1.165, 1.54) is 12.1 Å². The van der Waals surface area contributed by atoms with Crippen LogP contribution in [0.25, 0.3) is 0 Å². The van der Waals surface area contributed by atoms with Gasteiger partial charge in [-0.3, -0.25) is 4.79 Å². The number of hydrogen-bond donors (Lipinski definition) is 2. The number of nitrogens with one attached hydrogen (secondary N) is 1. The first-order chi connectivity index (χ1) is 7.99. The van der Waals surface area contributed by atoms with E-state index in [0.29, 0.717) is 15.7 Å². The highest BCUT2D eigenvalue weighted by atomic mass is 127. The number of amides is 1. The molecule has 3 N–H and O–H groups in total. The van der Waals surface area contributed by atoms with Crippen LogP contribution in [0, 0.1) is 9.39 Å². The lowest BCUT2D eigenvalue weighted by Crippen LogP contribution is -2.17. The Balaban J connectivity index is 2.45. The number of halogens is 2. The predicted molar refractivity (Wildman–Crippen MR) is 75.2 cm³/mol. The molecule has 1 atom stereocenters. The fraction of sp³-hybridized carbons (Fsp3) is 0.417. The van der Waals surface area contributed by atoms with E-state index in [-0.39, 0.29) is 17.8 Å². The van der Waals surface area contributed by atoms with Crippen molar-refractivity contribution in [2.75, 3.05) is 5.32 Å². The summed E-state index contributed by atoms with van der Waals surface area (Å²) >= 11 is 1.99. The van der Waals surface area contributed by atoms with Gasteiger partial charge in [0.2, 0.25) is 5.91 Å². The molecule has 0 heterocycles. The summed E-state index contributed by atoms with van der Waals surface area (Å²) in [5.74, 6) is -0.362. The van der Waals surface area contributed by atoms with Gasteiger partial charge in [0, 0.05) is 16.0 Å². The van der Waals surface area contributed by atoms with Gasteiger partial charge < -0.3 is 11.1 Å². The predicted octanol–water partition coefficient (Wildman–Crippen LogP) is 2.89. The van der Waals surface area contributed by atoms with E-state index >= 15 is 0 Å². The molecule has 0 aliphatic heterocycles. The third-order valence-electron chi connectivity index (χ3n) is 2.27. The fourth-order valence-electron chi connectivity index (χ4n) is 1.39. The van der Waals surface area contributed by atoms with E-state index in [1.807, 2.05) is 29.5 Å². The molecule has 17 heavy (non-hydrogen) atoms. The van der Waals surface area contributed by atoms with Gasteiger partial charge in [-0.1, -0.05) is 0 Å². The lowest BCUT2D eigenvalue weighted by molar-refractivity contribution is -0.116. The molecular formula is C12H16FIN2O. The summed E-state index contributed by atoms with van der Waals surface area (Å²) in [5, 5.41) is 2.76. The van der Waals surface area contributed by atoms with Crippen LogP contribution in [0.5, 0.6) is 0 Å². The standard InChI is InChI=1S/C12H16FIN2O/c1-8(15)3-2-4-12(17)16-11-6-5-9(13)7-10(11)14/h5-8H,2-4,15H2,1H3,(H,16,17). The van der Waals surface area contributed by atoms with Crippen LogP contribution in [0.1, 0.15) is 26.2 Å². The second-order valence-corrected chi connectivity index (χ2v) is 5.20. The zero-order valence-corrected chi connectivity index (χ0v) is 11.8. The summed E-state index contributed by atoms with van der Waals surface area (Å²) in [6.07, 6.45) is 2.03. The van der Waals surface area contributed by atoms with Crippen LogP contribution < -0.4 is 11.1 Å². The maximum absolute atomic E-state index is 12.8. The Bertz CT molecular complexity index is 396. The number of carbonyl (C=O) groups is 1. The molecule has 1 unspecified atom stereocenters. The minimum absolute atomic E-state index is 0.0600. The van der Waals surface area contributed by atoms with Crippen LogP contribution in [0.2, 0.25) is 0 Å². The molecule has 94 valence electrons. The number of benzene rings is 1. The topological polar surface area (TPSA) is 55.1 Å². The number of nitrogens with two attached hydrogens (primary N) is 1. The largest absolute Gasteiger partial charge is 0.328 e. The maximum Gasteiger partial charge on any atom is 0.224 e. The van der Waals surface area contributed by atoms with Gasteiger partial charge in [0.25, 0.3) is 0 Å². The van der Waals surface area contributed by atoms with E-state index in [0.717, 1.165) is 12.8 Å². The van der Waals surface area contributed by atoms with Gasteiger partial charge in [-0.15, -0.1) is 0 Å². The molecule has 0 spiro atoms. The van der Waals surface area contributed by atoms with Gasteiger partial charge in [0.1, 0.15) is 5.82 Å². The van der Waals surface area contributed by atoms with Gasteiger partial charge in [-0.05, 0) is 60.6 Å². The molecule has 0 aliphatic rings. The zero-order chi connectivity index (χ0) is 12.8. The summed E-state index contributed by atoms with van der Waals surface area (Å²) in [4.78, 5) is 11.6. The molecule has 0 radical (unpaired) electrons. The Hall–Kier alpha value is -0.690. The van der Waals surface area contributed by atoms with Crippen LogP contribution in [-0.2, 0) is 4.79 Å². The smallest absolute Gasteiger partial charge is 0.224 e. The molecule has 0 aromatic heterocycles. The summed E-state index contributed by atoms with van der Waals surface area (Å²) < 4.78 is 13.5. The second-order valence-electron chi connectivity index (χ2n) is 4.04. The van der Waals surface area contributed by atoms with Gasteiger partial charge in [-0.2, -0.15) is 0 Å². The molecule has 0 aliphatic carbocycles. The highest BCUT2D eigenvalue weighted by Gasteiger charge is 2.06. The zero-order valence-electron chi connectivity index (χ0n) is 9.67. The number of anilines is 1. The summed E-state index contributed by atoms with van der Waals surface area (Å²) in [6, 6.07) is 4.41. The minimum atomic E-state index is -0.302. The Morgan fingerprint density at radius 3 is 2.88 bits per heavy atom. The molecule has 3 nitrogen and oxygen atoms in total. The van der Waals surface area contributed by atoms with Crippen LogP contribution >= 0.6 is 22.6 Å². The van der Waals surface area contributed by atoms with Crippen molar-refractivity contribution in [3.63, 3.8) is 0 Å². The van der Waals surface area contributed by atoms with Crippen molar-refractivity contribution >= 4 is 34.2 Å². The fourth-order valence-corrected chi connectivity index (χ4v) is 2.00. The molecule has 1 rings (SSSR count). The van der Waals surface area contributed by atoms with E-state index in [9.17, 15) is 9.18 Å². The van der Waals surface area contributed by atoms with Crippen molar-refractivity contribution in [3.05, 3.63) is 27.6 Å². The SMILES string of the molecule is CC(N)CCCC(=O)Nc1ccc(F)cc1I. The minimum Gasteiger partial charge on any atom is -0.328 e. The van der Waals surface area contributed by atoms with Crippen LogP contribution in [0.15, 0.2) is 18.2 Å². The van der Waals surface area contributed by atoms with E-state index in [2.05, 4.69) is 5.32 Å². The first-order valence-corrected chi connectivity index (χ1v) is 6.57. The Labute approximate surface area is 114 Å². The monoisotopic (exact) mass is 350 g/mol. The molecule has 0 bridgehead atoms. The van der Waals surface area contributed by atoms with Gasteiger partial charge in [0.05, 0.1) is 5.69 Å². The molecule has 0 fully saturated rings. The molecule has 1 aromatic carbocycles. The third kappa shape index (κ3) is 5.45. The van der Waals surface area contributed by atoms with E-state index in [1.54, 1.807) is 6.07 Å². The number of hydrogen-bond acceptors (Lipinski definition) is 2. The Morgan fingerprint density at radius 1 is 1.59 bits per heavy atom. The number of carbonyl (C=O) groups excluding carboxylic acids is 1. The summed E-state index contributed by atoms with van der Waals surface area (Å²) in [6.45, 7) is 1.92. The first kappa shape index (κ1) is 14.4. The third-order valence-corrected chi connectivity index (χ3v) is 3.16. The van der Waals surface area contributed by atoms with Crippen molar-refractivity contribution in [1.82, 2.24) is 0 Å². The first-order valence-electron chi connectivity index (χ1n) is 5.49. The van der Waals surface area contributed by atoms with Crippen molar-refractivity contribution in [2.45, 2.75) is 32.2 Å². The van der Waals surface area contributed by atoms with Crippen LogP contribution in [0.3, 0.4) is 0 Å². The average Bonchev–Trinajstić information content (AvgIpc) is 2.21. The Morgan fingerprint density at radius 2 is 2.29 bits per heavy atom. The lowest BCUT2D eigenvalue weighted by Gasteiger charge is -2.08. The van der Waals surface area contributed by atoms with Crippen molar-refractivity contribution in [2.24, 2.45) is 5.73 Å². The lowest BCUT2D eigenvalue weighted by atomic mass is 10.1. The van der Waals surface area contributed by atoms with Gasteiger partial charge in [-0.25, -0.2) is 4.39 Å². The van der Waals surface area contributed by atoms with Gasteiger partial charge in [0.15, 0.2) is 0 Å². The molecule has 1 aromatic rings. The highest BCUT2D eigenvalue weighted by Crippen LogP contribution is 2.19. The average molecular weight is 350 g/mol. The molecular weight excluding hydrogens is 334 g/mol. The molecule has 5 heteroatoms. The van der Waals surface area contributed by atoms with E-state index in [4.69, 9.17) is 5.73 Å². The maximum atomic E-state index is 12.8. The normalized spacial score (nSPS) is 12.2. The second kappa shape index (κ2) is 6.90. The van der Waals surface area contributed by atoms with Crippen LogP contribution in [0.4, 0.5) is 10.1 Å². The quantitative estimate of drug-likeness (QED) is 0.803. The molecule has 0 saturated carbocycles. The van der Waals surface area contributed by atoms with Crippen LogP contribution in [-0.4, -0.2) is 11.9 Å².